The third-order valence-corrected chi connectivity index (χ3v) is 5.05. The molecule has 0 bridgehead atoms. The molecule has 0 unspecified atom stereocenters. The van der Waals surface area contributed by atoms with Gasteiger partial charge in [0.15, 0.2) is 0 Å². The summed E-state index contributed by atoms with van der Waals surface area (Å²) in [5, 5.41) is 4.93. The van der Waals surface area contributed by atoms with Crippen LogP contribution in [0.25, 0.3) is 0 Å². The summed E-state index contributed by atoms with van der Waals surface area (Å²) >= 11 is 3.44. The van der Waals surface area contributed by atoms with Gasteiger partial charge in [-0.05, 0) is 41.7 Å². The minimum Gasteiger partial charge on any atom is -0.351 e. The molecule has 0 aliphatic carbocycles. The zero-order valence-electron chi connectivity index (χ0n) is 10.8. The quantitative estimate of drug-likeness (QED) is 0.838. The lowest BCUT2D eigenvalue weighted by molar-refractivity contribution is 0.0950. The topological polar surface area (TPSA) is 55.1 Å². The van der Waals surface area contributed by atoms with Gasteiger partial charge in [0.2, 0.25) is 0 Å². The highest BCUT2D eigenvalue weighted by Crippen LogP contribution is 2.22. The fraction of sp³-hybridized carbons (Fsp3) is 0.500. The Balaban J connectivity index is 1.90. The molecule has 1 amide bonds. The Morgan fingerprint density at radius 2 is 2.26 bits per heavy atom. The van der Waals surface area contributed by atoms with Crippen LogP contribution in [0.5, 0.6) is 0 Å². The first kappa shape index (κ1) is 14.4. The van der Waals surface area contributed by atoms with Gasteiger partial charge >= 0.3 is 0 Å². The van der Waals surface area contributed by atoms with Crippen LogP contribution in [0.4, 0.5) is 0 Å². The number of nitrogens with two attached hydrogens (primary N) is 1. The lowest BCUT2D eigenvalue weighted by Gasteiger charge is -2.21. The summed E-state index contributed by atoms with van der Waals surface area (Å²) in [4.78, 5) is 12.8. The van der Waals surface area contributed by atoms with Crippen molar-refractivity contribution in [1.82, 2.24) is 5.32 Å². The Hall–Kier alpha value is -0.960. The first-order valence-corrected chi connectivity index (χ1v) is 8.47. The van der Waals surface area contributed by atoms with Crippen molar-refractivity contribution in [2.75, 3.05) is 24.6 Å². The smallest absolute Gasteiger partial charge is 0.262 e. The van der Waals surface area contributed by atoms with Gasteiger partial charge in [0, 0.05) is 12.1 Å². The van der Waals surface area contributed by atoms with Gasteiger partial charge in [-0.2, -0.15) is 11.8 Å². The molecule has 1 aromatic rings. The van der Waals surface area contributed by atoms with E-state index in [-0.39, 0.29) is 5.91 Å². The Morgan fingerprint density at radius 3 is 3.00 bits per heavy atom. The average Bonchev–Trinajstić information content (AvgIpc) is 2.92. The van der Waals surface area contributed by atoms with E-state index >= 15 is 0 Å². The van der Waals surface area contributed by atoms with E-state index in [1.54, 1.807) is 0 Å². The molecule has 1 saturated heterocycles. The van der Waals surface area contributed by atoms with E-state index in [0.29, 0.717) is 17.3 Å². The molecule has 1 fully saturated rings. The molecular weight excluding hydrogens is 276 g/mol. The molecule has 5 heteroatoms. The van der Waals surface area contributed by atoms with Crippen molar-refractivity contribution in [3.8, 4) is 11.8 Å². The molecular formula is C14H18N2OS2. The van der Waals surface area contributed by atoms with Crippen molar-refractivity contribution in [3.63, 3.8) is 0 Å². The molecule has 2 heterocycles. The highest BCUT2D eigenvalue weighted by atomic mass is 32.2. The molecule has 0 saturated carbocycles. The number of hydrogen-bond donors (Lipinski definition) is 2. The maximum Gasteiger partial charge on any atom is 0.262 e. The van der Waals surface area contributed by atoms with Crippen LogP contribution in [0, 0.1) is 17.8 Å². The van der Waals surface area contributed by atoms with Crippen molar-refractivity contribution in [2.45, 2.75) is 12.8 Å². The van der Waals surface area contributed by atoms with E-state index in [9.17, 15) is 4.79 Å². The monoisotopic (exact) mass is 294 g/mol. The van der Waals surface area contributed by atoms with Crippen LogP contribution in [0.2, 0.25) is 0 Å². The standard InChI is InChI=1S/C14H18N2OS2/c15-6-1-2-12-5-9-19-13(12)14(17)16-10-11-3-7-18-8-4-11/h5,9,11H,3-4,6-8,10,15H2,(H,16,17). The Morgan fingerprint density at radius 1 is 1.47 bits per heavy atom. The molecule has 2 rings (SSSR count). The van der Waals surface area contributed by atoms with Crippen LogP contribution >= 0.6 is 23.1 Å². The van der Waals surface area contributed by atoms with E-state index < -0.39 is 0 Å². The lowest BCUT2D eigenvalue weighted by Crippen LogP contribution is -2.30. The van der Waals surface area contributed by atoms with Gasteiger partial charge in [-0.25, -0.2) is 0 Å². The number of rotatable bonds is 3. The van der Waals surface area contributed by atoms with E-state index in [1.807, 2.05) is 23.2 Å². The van der Waals surface area contributed by atoms with Gasteiger partial charge in [0.25, 0.3) is 5.91 Å². The fourth-order valence-electron chi connectivity index (χ4n) is 2.00. The average molecular weight is 294 g/mol. The molecule has 0 radical (unpaired) electrons. The summed E-state index contributed by atoms with van der Waals surface area (Å²) in [6, 6.07) is 1.87. The molecule has 0 atom stereocenters. The highest BCUT2D eigenvalue weighted by Gasteiger charge is 2.16. The Bertz CT molecular complexity index is 481. The highest BCUT2D eigenvalue weighted by molar-refractivity contribution is 7.99. The summed E-state index contributed by atoms with van der Waals surface area (Å²) in [7, 11) is 0. The third-order valence-electron chi connectivity index (χ3n) is 3.09. The number of carbonyl (C=O) groups excluding carboxylic acids is 1. The van der Waals surface area contributed by atoms with Crippen LogP contribution < -0.4 is 11.1 Å². The van der Waals surface area contributed by atoms with Crippen molar-refractivity contribution in [1.29, 1.82) is 0 Å². The fourth-order valence-corrected chi connectivity index (χ4v) is 3.97. The Kier molecular flexibility index (Phi) is 5.77. The van der Waals surface area contributed by atoms with Crippen LogP contribution in [-0.4, -0.2) is 30.5 Å². The summed E-state index contributed by atoms with van der Waals surface area (Å²) in [6.45, 7) is 1.09. The van der Waals surface area contributed by atoms with Crippen LogP contribution in [0.15, 0.2) is 11.4 Å². The first-order valence-electron chi connectivity index (χ1n) is 6.43. The normalized spacial score (nSPS) is 15.6. The summed E-state index contributed by atoms with van der Waals surface area (Å²) in [5.41, 5.74) is 6.14. The van der Waals surface area contributed by atoms with Gasteiger partial charge in [-0.1, -0.05) is 11.8 Å². The predicted octanol–water partition coefficient (Wildman–Crippen LogP) is 1.93. The largest absolute Gasteiger partial charge is 0.351 e. The SMILES string of the molecule is NCC#Cc1ccsc1C(=O)NCC1CCSCC1. The number of hydrogen-bond acceptors (Lipinski definition) is 4. The summed E-state index contributed by atoms with van der Waals surface area (Å²) in [5.74, 6) is 8.79. The van der Waals surface area contributed by atoms with E-state index in [0.717, 1.165) is 12.1 Å². The van der Waals surface area contributed by atoms with Crippen molar-refractivity contribution in [3.05, 3.63) is 21.9 Å². The number of thiophene rings is 1. The van der Waals surface area contributed by atoms with Crippen molar-refractivity contribution < 1.29 is 4.79 Å². The molecule has 0 aromatic carbocycles. The van der Waals surface area contributed by atoms with Crippen LogP contribution in [-0.2, 0) is 0 Å². The third kappa shape index (κ3) is 4.27. The van der Waals surface area contributed by atoms with E-state index in [4.69, 9.17) is 5.73 Å². The number of carbonyl (C=O) groups is 1. The minimum absolute atomic E-state index is 0.00505. The van der Waals surface area contributed by atoms with Crippen molar-refractivity contribution >= 4 is 29.0 Å². The molecule has 0 spiro atoms. The predicted molar refractivity (Wildman–Crippen MR) is 82.6 cm³/mol. The van der Waals surface area contributed by atoms with Gasteiger partial charge in [-0.3, -0.25) is 4.79 Å². The molecule has 19 heavy (non-hydrogen) atoms. The Labute approximate surface area is 122 Å². The van der Waals surface area contributed by atoms with Gasteiger partial charge in [0.05, 0.1) is 6.54 Å². The van der Waals surface area contributed by atoms with Gasteiger partial charge in [-0.15, -0.1) is 11.3 Å². The van der Waals surface area contributed by atoms with E-state index in [2.05, 4.69) is 17.2 Å². The van der Waals surface area contributed by atoms with Crippen LogP contribution in [0.3, 0.4) is 0 Å². The summed E-state index contributed by atoms with van der Waals surface area (Å²) < 4.78 is 0. The second kappa shape index (κ2) is 7.59. The molecule has 102 valence electrons. The maximum absolute atomic E-state index is 12.1. The molecule has 1 aromatic heterocycles. The van der Waals surface area contributed by atoms with Crippen LogP contribution in [0.1, 0.15) is 28.1 Å². The van der Waals surface area contributed by atoms with E-state index in [1.165, 1.54) is 35.7 Å². The molecule has 1 aliphatic rings. The van der Waals surface area contributed by atoms with Gasteiger partial charge in [0.1, 0.15) is 4.88 Å². The van der Waals surface area contributed by atoms with Gasteiger partial charge < -0.3 is 11.1 Å². The maximum atomic E-state index is 12.1. The lowest BCUT2D eigenvalue weighted by atomic mass is 10.0. The second-order valence-corrected chi connectivity index (χ2v) is 6.58. The second-order valence-electron chi connectivity index (χ2n) is 4.44. The zero-order valence-corrected chi connectivity index (χ0v) is 12.4. The van der Waals surface area contributed by atoms with Crippen molar-refractivity contribution in [2.24, 2.45) is 11.7 Å². The molecule has 3 nitrogen and oxygen atoms in total. The first-order chi connectivity index (χ1) is 9.31. The zero-order chi connectivity index (χ0) is 13.5. The number of thioether (sulfide) groups is 1. The minimum atomic E-state index is -0.00505. The number of amides is 1. The molecule has 1 aliphatic heterocycles. The molecule has 3 N–H and O–H groups in total. The summed E-state index contributed by atoms with van der Waals surface area (Å²) in [6.07, 6.45) is 2.41. The number of nitrogens with one attached hydrogen (secondary N) is 1.